The highest BCUT2D eigenvalue weighted by Crippen LogP contribution is 2.27. The molecule has 0 spiro atoms. The van der Waals surface area contributed by atoms with Gasteiger partial charge in [0.2, 0.25) is 5.91 Å². The van der Waals surface area contributed by atoms with Crippen LogP contribution in [0.25, 0.3) is 0 Å². The van der Waals surface area contributed by atoms with Gasteiger partial charge in [0.1, 0.15) is 5.75 Å². The molecule has 0 aliphatic rings. The molecule has 0 aliphatic carbocycles. The van der Waals surface area contributed by atoms with E-state index in [9.17, 15) is 18.3 Å². The molecule has 1 aromatic carbocycles. The largest absolute Gasteiger partial charge is 0.506 e. The van der Waals surface area contributed by atoms with Gasteiger partial charge in [0.05, 0.1) is 33.0 Å². The highest BCUT2D eigenvalue weighted by molar-refractivity contribution is 9.10. The molecule has 0 radical (unpaired) electrons. The third kappa shape index (κ3) is 4.40. The van der Waals surface area contributed by atoms with Gasteiger partial charge in [-0.05, 0) is 48.0 Å². The van der Waals surface area contributed by atoms with E-state index in [1.54, 1.807) is 4.68 Å². The summed E-state index contributed by atoms with van der Waals surface area (Å²) in [5.74, 6) is -0.583. The van der Waals surface area contributed by atoms with E-state index in [1.165, 1.54) is 25.1 Å². The molecule has 0 unspecified atom stereocenters. The van der Waals surface area contributed by atoms with E-state index in [2.05, 4.69) is 26.3 Å². The Kier molecular flexibility index (Phi) is 5.89. The van der Waals surface area contributed by atoms with E-state index >= 15 is 0 Å². The van der Waals surface area contributed by atoms with Gasteiger partial charge in [0.25, 0.3) is 0 Å². The van der Waals surface area contributed by atoms with Crippen LogP contribution in [0, 0.1) is 13.8 Å². The maximum absolute atomic E-state index is 12.1. The van der Waals surface area contributed by atoms with Gasteiger partial charge in [-0.25, -0.2) is 8.42 Å². The number of carbonyl (C=O) groups is 1. The lowest BCUT2D eigenvalue weighted by Gasteiger charge is -2.10. The number of aromatic hydroxyl groups is 1. The van der Waals surface area contributed by atoms with Crippen molar-refractivity contribution in [2.45, 2.75) is 38.6 Å². The average molecular weight is 430 g/mol. The molecule has 25 heavy (non-hydrogen) atoms. The fourth-order valence-electron chi connectivity index (χ4n) is 2.29. The summed E-state index contributed by atoms with van der Waals surface area (Å²) in [6.07, 6.45) is 0.137. The van der Waals surface area contributed by atoms with E-state index in [0.717, 1.165) is 15.9 Å². The first-order valence-electron chi connectivity index (χ1n) is 7.70. The van der Waals surface area contributed by atoms with Crippen LogP contribution in [0.3, 0.4) is 0 Å². The molecule has 2 rings (SSSR count). The smallest absolute Gasteiger partial charge is 0.226 e. The first-order valence-corrected chi connectivity index (χ1v) is 10.2. The van der Waals surface area contributed by atoms with Crippen molar-refractivity contribution in [3.05, 3.63) is 34.1 Å². The third-order valence-corrected chi connectivity index (χ3v) is 6.70. The zero-order chi connectivity index (χ0) is 18.8. The molecule has 0 aliphatic heterocycles. The lowest BCUT2D eigenvalue weighted by Crippen LogP contribution is -2.16. The minimum Gasteiger partial charge on any atom is -0.506 e. The molecule has 0 fully saturated rings. The van der Waals surface area contributed by atoms with Crippen molar-refractivity contribution in [1.82, 2.24) is 9.78 Å². The third-order valence-electron chi connectivity index (χ3n) is 3.83. The number of rotatable bonds is 6. The summed E-state index contributed by atoms with van der Waals surface area (Å²) in [6, 6.07) is 3.85. The van der Waals surface area contributed by atoms with Gasteiger partial charge in [0.15, 0.2) is 9.84 Å². The Labute approximate surface area is 155 Å². The van der Waals surface area contributed by atoms with Crippen LogP contribution in [0.4, 0.5) is 5.69 Å². The van der Waals surface area contributed by atoms with Gasteiger partial charge in [0, 0.05) is 12.1 Å². The number of aryl methyl sites for hydroxylation is 2. The maximum Gasteiger partial charge on any atom is 0.226 e. The molecule has 0 bridgehead atoms. The van der Waals surface area contributed by atoms with E-state index in [0.29, 0.717) is 6.54 Å². The number of sulfone groups is 1. The second-order valence-corrected chi connectivity index (χ2v) is 8.66. The highest BCUT2D eigenvalue weighted by Gasteiger charge is 2.16. The van der Waals surface area contributed by atoms with E-state index in [4.69, 9.17) is 0 Å². The lowest BCUT2D eigenvalue weighted by molar-refractivity contribution is -0.116. The Balaban J connectivity index is 2.10. The van der Waals surface area contributed by atoms with Crippen molar-refractivity contribution in [3.8, 4) is 5.75 Å². The first-order chi connectivity index (χ1) is 11.7. The summed E-state index contributed by atoms with van der Waals surface area (Å²) < 4.78 is 26.5. The monoisotopic (exact) mass is 429 g/mol. The lowest BCUT2D eigenvalue weighted by atomic mass is 10.2. The summed E-state index contributed by atoms with van der Waals surface area (Å²) in [5.41, 5.74) is 1.84. The van der Waals surface area contributed by atoms with Crippen LogP contribution in [0.5, 0.6) is 5.75 Å². The number of phenols is 1. The number of amides is 1. The zero-order valence-corrected chi connectivity index (χ0v) is 16.6. The number of phenolic OH excluding ortho intramolecular Hbond substituents is 1. The Morgan fingerprint density at radius 2 is 2.04 bits per heavy atom. The number of benzene rings is 1. The molecule has 9 heteroatoms. The topological polar surface area (TPSA) is 101 Å². The standard InChI is InChI=1S/C16H20BrN3O4S/c1-4-25(23,24)12-5-6-14(21)13(9-12)18-15(22)7-8-20-11(3)16(17)10(2)19-20/h5-6,9,21H,4,7-8H2,1-3H3,(H,18,22). The Hall–Kier alpha value is -1.87. The number of hydrogen-bond donors (Lipinski definition) is 2. The van der Waals surface area contributed by atoms with Crippen molar-refractivity contribution in [2.24, 2.45) is 0 Å². The number of nitrogens with zero attached hydrogens (tertiary/aromatic N) is 2. The molecule has 1 heterocycles. The number of anilines is 1. The normalized spacial score (nSPS) is 11.5. The molecule has 1 aromatic heterocycles. The summed E-state index contributed by atoms with van der Waals surface area (Å²) in [4.78, 5) is 12.2. The molecule has 0 saturated heterocycles. The minimum atomic E-state index is -3.42. The number of aromatic nitrogens is 2. The van der Waals surface area contributed by atoms with Crippen LogP contribution in [0.1, 0.15) is 24.7 Å². The van der Waals surface area contributed by atoms with Gasteiger partial charge < -0.3 is 10.4 Å². The van der Waals surface area contributed by atoms with Gasteiger partial charge in [-0.3, -0.25) is 9.48 Å². The van der Waals surface area contributed by atoms with Gasteiger partial charge >= 0.3 is 0 Å². The SMILES string of the molecule is CCS(=O)(=O)c1ccc(O)c(NC(=O)CCn2nc(C)c(Br)c2C)c1. The summed E-state index contributed by atoms with van der Waals surface area (Å²) in [6.45, 7) is 5.67. The molecule has 2 aromatic rings. The van der Waals surface area contributed by atoms with Gasteiger partial charge in [-0.15, -0.1) is 0 Å². The minimum absolute atomic E-state index is 0.0576. The quantitative estimate of drug-likeness (QED) is 0.687. The molecule has 136 valence electrons. The van der Waals surface area contributed by atoms with E-state index < -0.39 is 9.84 Å². The molecule has 1 amide bonds. The molecule has 0 atom stereocenters. The molecule has 0 saturated carbocycles. The number of hydrogen-bond acceptors (Lipinski definition) is 5. The van der Waals surface area contributed by atoms with Crippen molar-refractivity contribution in [1.29, 1.82) is 0 Å². The zero-order valence-electron chi connectivity index (χ0n) is 14.2. The molecule has 7 nitrogen and oxygen atoms in total. The van der Waals surface area contributed by atoms with Crippen LogP contribution in [-0.2, 0) is 21.2 Å². The van der Waals surface area contributed by atoms with Crippen LogP contribution < -0.4 is 5.32 Å². The Morgan fingerprint density at radius 1 is 1.36 bits per heavy atom. The number of halogens is 1. The van der Waals surface area contributed by atoms with Gasteiger partial charge in [-0.1, -0.05) is 6.92 Å². The maximum atomic E-state index is 12.1. The van der Waals surface area contributed by atoms with Crippen molar-refractivity contribution in [2.75, 3.05) is 11.1 Å². The summed E-state index contributed by atoms with van der Waals surface area (Å²) in [5, 5.41) is 16.7. The molecule has 2 N–H and O–H groups in total. The predicted molar refractivity (Wildman–Crippen MR) is 98.5 cm³/mol. The second kappa shape index (κ2) is 7.57. The van der Waals surface area contributed by atoms with Crippen molar-refractivity contribution >= 4 is 37.4 Å². The summed E-state index contributed by atoms with van der Waals surface area (Å²) >= 11 is 3.43. The van der Waals surface area contributed by atoms with Crippen LogP contribution >= 0.6 is 15.9 Å². The Morgan fingerprint density at radius 3 is 2.60 bits per heavy atom. The second-order valence-electron chi connectivity index (χ2n) is 5.59. The van der Waals surface area contributed by atoms with E-state index in [-0.39, 0.29) is 34.4 Å². The average Bonchev–Trinajstić information content (AvgIpc) is 2.81. The predicted octanol–water partition coefficient (Wildman–Crippen LogP) is 2.79. The van der Waals surface area contributed by atoms with E-state index in [1.807, 2.05) is 13.8 Å². The van der Waals surface area contributed by atoms with Crippen LogP contribution in [0.15, 0.2) is 27.6 Å². The number of nitrogens with one attached hydrogen (secondary N) is 1. The Bertz CT molecular complexity index is 906. The van der Waals surface area contributed by atoms with Crippen LogP contribution in [0.2, 0.25) is 0 Å². The van der Waals surface area contributed by atoms with Gasteiger partial charge in [-0.2, -0.15) is 5.10 Å². The molecular weight excluding hydrogens is 410 g/mol. The summed E-state index contributed by atoms with van der Waals surface area (Å²) in [7, 11) is -3.42. The fraction of sp³-hybridized carbons (Fsp3) is 0.375. The molecular formula is C16H20BrN3O4S. The fourth-order valence-corrected chi connectivity index (χ4v) is 3.48. The van der Waals surface area contributed by atoms with Crippen LogP contribution in [-0.4, -0.2) is 35.0 Å². The van der Waals surface area contributed by atoms with Crippen molar-refractivity contribution in [3.63, 3.8) is 0 Å². The van der Waals surface area contributed by atoms with Crippen molar-refractivity contribution < 1.29 is 18.3 Å². The highest BCUT2D eigenvalue weighted by atomic mass is 79.9. The number of carbonyl (C=O) groups excluding carboxylic acids is 1. The first kappa shape index (κ1) is 19.5.